The second kappa shape index (κ2) is 5.18. The molecule has 2 unspecified atom stereocenters. The molecule has 116 valence electrons. The molecule has 21 heavy (non-hydrogen) atoms. The van der Waals surface area contributed by atoms with Crippen molar-refractivity contribution in [3.63, 3.8) is 0 Å². The predicted molar refractivity (Wildman–Crippen MR) is 75.7 cm³/mol. The molecule has 0 amide bonds. The topological polar surface area (TPSA) is 32.5 Å². The molecule has 2 bridgehead atoms. The lowest BCUT2D eigenvalue weighted by atomic mass is 10.0. The van der Waals surface area contributed by atoms with Crippen LogP contribution < -0.4 is 5.73 Å². The van der Waals surface area contributed by atoms with Crippen LogP contribution in [0.15, 0.2) is 18.2 Å². The van der Waals surface area contributed by atoms with Crippen LogP contribution in [0.5, 0.6) is 0 Å². The van der Waals surface area contributed by atoms with Crippen molar-refractivity contribution in [3.8, 4) is 0 Å². The predicted octanol–water partition coefficient (Wildman–Crippen LogP) is 2.57. The molecule has 6 heteroatoms. The van der Waals surface area contributed by atoms with Crippen molar-refractivity contribution in [2.24, 2.45) is 0 Å². The van der Waals surface area contributed by atoms with Gasteiger partial charge in [-0.2, -0.15) is 13.2 Å². The maximum absolute atomic E-state index is 13.1. The van der Waals surface area contributed by atoms with Crippen LogP contribution in [-0.2, 0) is 12.7 Å². The van der Waals surface area contributed by atoms with Gasteiger partial charge in [0.15, 0.2) is 0 Å². The zero-order chi connectivity index (χ0) is 15.2. The van der Waals surface area contributed by atoms with E-state index in [2.05, 4.69) is 16.8 Å². The SMILES string of the molecule is CN1C2CCC1CN(Cc1ccc(N)cc1C(F)(F)F)C2. The van der Waals surface area contributed by atoms with E-state index in [0.29, 0.717) is 24.2 Å². The smallest absolute Gasteiger partial charge is 0.399 e. The summed E-state index contributed by atoms with van der Waals surface area (Å²) in [7, 11) is 2.12. The molecule has 0 spiro atoms. The second-order valence-electron chi connectivity index (χ2n) is 6.16. The first-order valence-corrected chi connectivity index (χ1v) is 7.24. The Hall–Kier alpha value is -1.27. The molecule has 0 aliphatic carbocycles. The fourth-order valence-electron chi connectivity index (χ4n) is 3.57. The number of halogens is 3. The molecular formula is C15H20F3N3. The van der Waals surface area contributed by atoms with Gasteiger partial charge in [0.1, 0.15) is 0 Å². The van der Waals surface area contributed by atoms with E-state index in [1.54, 1.807) is 6.07 Å². The van der Waals surface area contributed by atoms with Gasteiger partial charge in [-0.1, -0.05) is 6.07 Å². The highest BCUT2D eigenvalue weighted by molar-refractivity contribution is 5.46. The van der Waals surface area contributed by atoms with Crippen LogP contribution >= 0.6 is 0 Å². The Kier molecular flexibility index (Phi) is 3.61. The summed E-state index contributed by atoms with van der Waals surface area (Å²) in [6.45, 7) is 2.03. The van der Waals surface area contributed by atoms with Crippen molar-refractivity contribution in [1.82, 2.24) is 9.80 Å². The summed E-state index contributed by atoms with van der Waals surface area (Å²) < 4.78 is 39.4. The largest absolute Gasteiger partial charge is 0.416 e. The molecule has 2 atom stereocenters. The lowest BCUT2D eigenvalue weighted by Crippen LogP contribution is -2.51. The summed E-state index contributed by atoms with van der Waals surface area (Å²) in [4.78, 5) is 4.51. The van der Waals surface area contributed by atoms with Gasteiger partial charge in [0.25, 0.3) is 0 Å². The van der Waals surface area contributed by atoms with E-state index in [1.165, 1.54) is 6.07 Å². The number of hydrogen-bond donors (Lipinski definition) is 1. The van der Waals surface area contributed by atoms with Crippen LogP contribution in [0.25, 0.3) is 0 Å². The summed E-state index contributed by atoms with van der Waals surface area (Å²) in [6, 6.07) is 5.06. The molecule has 2 aliphatic rings. The molecule has 2 aliphatic heterocycles. The van der Waals surface area contributed by atoms with Gasteiger partial charge in [0.2, 0.25) is 0 Å². The van der Waals surface area contributed by atoms with Crippen LogP contribution in [0.1, 0.15) is 24.0 Å². The minimum absolute atomic E-state index is 0.157. The van der Waals surface area contributed by atoms with E-state index in [0.717, 1.165) is 32.0 Å². The molecule has 0 aromatic heterocycles. The summed E-state index contributed by atoms with van der Waals surface area (Å²) >= 11 is 0. The normalized spacial score (nSPS) is 27.2. The molecule has 2 fully saturated rings. The molecular weight excluding hydrogens is 279 g/mol. The van der Waals surface area contributed by atoms with Crippen molar-refractivity contribution < 1.29 is 13.2 Å². The molecule has 2 heterocycles. The number of benzene rings is 1. The Balaban J connectivity index is 1.80. The monoisotopic (exact) mass is 299 g/mol. The Morgan fingerprint density at radius 1 is 1.19 bits per heavy atom. The zero-order valence-electron chi connectivity index (χ0n) is 12.0. The third-order valence-electron chi connectivity index (χ3n) is 4.76. The number of alkyl halides is 3. The number of nitrogens with zero attached hydrogens (tertiary/aromatic N) is 2. The van der Waals surface area contributed by atoms with E-state index in [-0.39, 0.29) is 5.69 Å². The van der Waals surface area contributed by atoms with Gasteiger partial charge in [0, 0.05) is 37.4 Å². The van der Waals surface area contributed by atoms with Crippen molar-refractivity contribution in [1.29, 1.82) is 0 Å². The van der Waals surface area contributed by atoms with Gasteiger partial charge < -0.3 is 5.73 Å². The number of rotatable bonds is 2. The van der Waals surface area contributed by atoms with Crippen LogP contribution in [0, 0.1) is 0 Å². The fraction of sp³-hybridized carbons (Fsp3) is 0.600. The van der Waals surface area contributed by atoms with E-state index in [9.17, 15) is 13.2 Å². The quantitative estimate of drug-likeness (QED) is 0.852. The van der Waals surface area contributed by atoms with E-state index < -0.39 is 11.7 Å². The van der Waals surface area contributed by atoms with Crippen molar-refractivity contribution in [3.05, 3.63) is 29.3 Å². The van der Waals surface area contributed by atoms with Crippen molar-refractivity contribution in [2.75, 3.05) is 25.9 Å². The third-order valence-corrected chi connectivity index (χ3v) is 4.76. The Labute approximate surface area is 122 Å². The first-order valence-electron chi connectivity index (χ1n) is 7.24. The van der Waals surface area contributed by atoms with Gasteiger partial charge in [0.05, 0.1) is 5.56 Å². The molecule has 0 radical (unpaired) electrons. The van der Waals surface area contributed by atoms with Crippen LogP contribution in [0.3, 0.4) is 0 Å². The number of nitrogens with two attached hydrogens (primary N) is 1. The van der Waals surface area contributed by atoms with Crippen LogP contribution in [0.4, 0.5) is 18.9 Å². The molecule has 3 rings (SSSR count). The Morgan fingerprint density at radius 3 is 2.38 bits per heavy atom. The second-order valence-corrected chi connectivity index (χ2v) is 6.16. The van der Waals surface area contributed by atoms with E-state index in [4.69, 9.17) is 5.73 Å². The molecule has 1 aromatic rings. The summed E-state index contributed by atoms with van der Waals surface area (Å²) in [5, 5.41) is 0. The molecule has 3 nitrogen and oxygen atoms in total. The number of piperazine rings is 1. The van der Waals surface area contributed by atoms with E-state index >= 15 is 0 Å². The zero-order valence-corrected chi connectivity index (χ0v) is 12.0. The minimum atomic E-state index is -4.35. The number of nitrogen functional groups attached to an aromatic ring is 1. The van der Waals surface area contributed by atoms with Crippen LogP contribution in [0.2, 0.25) is 0 Å². The summed E-state index contributed by atoms with van der Waals surface area (Å²) in [5.41, 5.74) is 5.38. The standard InChI is InChI=1S/C15H20F3N3/c1-20-12-4-5-13(20)9-21(8-12)7-10-2-3-11(19)6-14(10)15(16,17)18/h2-3,6,12-13H,4-5,7-9,19H2,1H3. The number of fused-ring (bicyclic) bond motifs is 2. The van der Waals surface area contributed by atoms with Gasteiger partial charge in [-0.15, -0.1) is 0 Å². The van der Waals surface area contributed by atoms with E-state index in [1.807, 2.05) is 0 Å². The van der Waals surface area contributed by atoms with Crippen molar-refractivity contribution >= 4 is 5.69 Å². The van der Waals surface area contributed by atoms with Gasteiger partial charge in [-0.25, -0.2) is 0 Å². The van der Waals surface area contributed by atoms with Crippen LogP contribution in [-0.4, -0.2) is 42.0 Å². The summed E-state index contributed by atoms with van der Waals surface area (Å²) in [5.74, 6) is 0. The Bertz CT molecular complexity index is 515. The van der Waals surface area contributed by atoms with Gasteiger partial charge in [-0.05, 0) is 37.6 Å². The maximum atomic E-state index is 13.1. The lowest BCUT2D eigenvalue weighted by molar-refractivity contribution is -0.138. The lowest BCUT2D eigenvalue weighted by Gasteiger charge is -2.39. The number of anilines is 1. The number of hydrogen-bond acceptors (Lipinski definition) is 3. The van der Waals surface area contributed by atoms with Crippen molar-refractivity contribution in [2.45, 2.75) is 37.6 Å². The summed E-state index contributed by atoms with van der Waals surface area (Å²) in [6.07, 6.45) is -2.06. The highest BCUT2D eigenvalue weighted by Crippen LogP contribution is 2.35. The number of likely N-dealkylation sites (tertiary alicyclic amines) is 1. The molecule has 0 saturated carbocycles. The average molecular weight is 299 g/mol. The fourth-order valence-corrected chi connectivity index (χ4v) is 3.57. The highest BCUT2D eigenvalue weighted by atomic mass is 19.4. The first kappa shape index (κ1) is 14.7. The molecule has 1 aromatic carbocycles. The first-order chi connectivity index (χ1) is 9.84. The minimum Gasteiger partial charge on any atom is -0.399 e. The number of likely N-dealkylation sites (N-methyl/N-ethyl adjacent to an activating group) is 1. The van der Waals surface area contributed by atoms with Gasteiger partial charge in [-0.3, -0.25) is 9.80 Å². The molecule has 2 N–H and O–H groups in total. The van der Waals surface area contributed by atoms with Gasteiger partial charge >= 0.3 is 6.18 Å². The third kappa shape index (κ3) is 2.87. The highest BCUT2D eigenvalue weighted by Gasteiger charge is 2.39. The Morgan fingerprint density at radius 2 is 1.81 bits per heavy atom. The average Bonchev–Trinajstić information content (AvgIpc) is 2.62. The molecule has 2 saturated heterocycles. The maximum Gasteiger partial charge on any atom is 0.416 e.